The molecule has 1 fully saturated rings. The van der Waals surface area contributed by atoms with Crippen molar-refractivity contribution in [1.82, 2.24) is 5.32 Å². The van der Waals surface area contributed by atoms with Crippen molar-refractivity contribution in [2.45, 2.75) is 64.0 Å². The van der Waals surface area contributed by atoms with Gasteiger partial charge in [-0.25, -0.2) is 0 Å². The van der Waals surface area contributed by atoms with Gasteiger partial charge in [0.25, 0.3) is 0 Å². The average molecular weight is 273 g/mol. The van der Waals surface area contributed by atoms with E-state index in [0.29, 0.717) is 6.04 Å². The maximum atomic E-state index is 6.48. The summed E-state index contributed by atoms with van der Waals surface area (Å²) in [5, 5.41) is 3.73. The van der Waals surface area contributed by atoms with Gasteiger partial charge >= 0.3 is 0 Å². The Labute approximate surface area is 122 Å². The second-order valence-electron chi connectivity index (χ2n) is 6.55. The van der Waals surface area contributed by atoms with Crippen LogP contribution in [-0.2, 0) is 0 Å². The van der Waals surface area contributed by atoms with Crippen molar-refractivity contribution >= 4 is 0 Å². The average Bonchev–Trinajstić information content (AvgIpc) is 2.87. The van der Waals surface area contributed by atoms with Crippen molar-refractivity contribution < 1.29 is 4.74 Å². The van der Waals surface area contributed by atoms with Gasteiger partial charge in [-0.3, -0.25) is 0 Å². The predicted octanol–water partition coefficient (Wildman–Crippen LogP) is 4.46. The fraction of sp³-hybridized carbons (Fsp3) is 0.667. The van der Waals surface area contributed by atoms with Crippen LogP contribution < -0.4 is 10.1 Å². The van der Waals surface area contributed by atoms with Gasteiger partial charge in [-0.1, -0.05) is 38.5 Å². The molecule has 110 valence electrons. The molecule has 1 aliphatic heterocycles. The van der Waals surface area contributed by atoms with Gasteiger partial charge < -0.3 is 10.1 Å². The summed E-state index contributed by atoms with van der Waals surface area (Å²) < 4.78 is 6.48. The molecule has 20 heavy (non-hydrogen) atoms. The highest BCUT2D eigenvalue weighted by Gasteiger charge is 2.45. The Morgan fingerprint density at radius 3 is 2.85 bits per heavy atom. The van der Waals surface area contributed by atoms with E-state index in [0.717, 1.165) is 24.6 Å². The first kappa shape index (κ1) is 13.9. The topological polar surface area (TPSA) is 21.3 Å². The van der Waals surface area contributed by atoms with Crippen LogP contribution in [0.25, 0.3) is 0 Å². The van der Waals surface area contributed by atoms with E-state index in [1.165, 1.54) is 37.7 Å². The third kappa shape index (κ3) is 2.58. The Balaban J connectivity index is 1.84. The summed E-state index contributed by atoms with van der Waals surface area (Å²) in [6, 6.07) is 9.07. The van der Waals surface area contributed by atoms with Crippen molar-refractivity contribution in [3.63, 3.8) is 0 Å². The van der Waals surface area contributed by atoms with Crippen LogP contribution in [0.5, 0.6) is 5.75 Å². The van der Waals surface area contributed by atoms with Crippen molar-refractivity contribution in [2.24, 2.45) is 5.92 Å². The van der Waals surface area contributed by atoms with Gasteiger partial charge in [-0.2, -0.15) is 0 Å². The number of nitrogens with one attached hydrogen (secondary N) is 1. The van der Waals surface area contributed by atoms with E-state index in [1.54, 1.807) is 0 Å². The minimum Gasteiger partial charge on any atom is -0.487 e. The number of ether oxygens (including phenoxy) is 1. The second kappa shape index (κ2) is 5.77. The summed E-state index contributed by atoms with van der Waals surface area (Å²) >= 11 is 0. The van der Waals surface area contributed by atoms with Gasteiger partial charge in [0.1, 0.15) is 11.4 Å². The summed E-state index contributed by atoms with van der Waals surface area (Å²) in [4.78, 5) is 0. The maximum Gasteiger partial charge on any atom is 0.124 e. The Morgan fingerprint density at radius 2 is 2.10 bits per heavy atom. The lowest BCUT2D eigenvalue weighted by atomic mass is 9.85. The molecule has 0 aromatic heterocycles. The minimum absolute atomic E-state index is 0.0977. The van der Waals surface area contributed by atoms with E-state index >= 15 is 0 Å². The van der Waals surface area contributed by atoms with Crippen LogP contribution in [0, 0.1) is 5.92 Å². The summed E-state index contributed by atoms with van der Waals surface area (Å²) in [6.07, 6.45) is 7.41. The standard InChI is InChI=1S/C18H27NO/c1-3-11-19-16-13-18(10-9-14(4-2)12-18)20-17-8-6-5-7-15(16)17/h5-8,14,16,19H,3-4,9-13H2,1-2H3. The van der Waals surface area contributed by atoms with Gasteiger partial charge in [0, 0.05) is 18.0 Å². The number of hydrogen-bond acceptors (Lipinski definition) is 2. The van der Waals surface area contributed by atoms with Crippen molar-refractivity contribution in [1.29, 1.82) is 0 Å². The smallest absolute Gasteiger partial charge is 0.124 e. The van der Waals surface area contributed by atoms with Crippen LogP contribution in [0.3, 0.4) is 0 Å². The minimum atomic E-state index is 0.0977. The monoisotopic (exact) mass is 273 g/mol. The molecule has 2 nitrogen and oxygen atoms in total. The van der Waals surface area contributed by atoms with Crippen molar-refractivity contribution in [2.75, 3.05) is 6.54 Å². The molecule has 0 amide bonds. The lowest BCUT2D eigenvalue weighted by Crippen LogP contribution is -2.42. The van der Waals surface area contributed by atoms with Gasteiger partial charge in [0.15, 0.2) is 0 Å². The molecule has 3 unspecified atom stereocenters. The third-order valence-corrected chi connectivity index (χ3v) is 5.08. The highest BCUT2D eigenvalue weighted by Crippen LogP contribution is 2.49. The van der Waals surface area contributed by atoms with Crippen molar-refractivity contribution in [3.05, 3.63) is 29.8 Å². The largest absolute Gasteiger partial charge is 0.487 e. The summed E-state index contributed by atoms with van der Waals surface area (Å²) in [5.74, 6) is 1.97. The van der Waals surface area contributed by atoms with Crippen LogP contribution in [0.15, 0.2) is 24.3 Å². The van der Waals surface area contributed by atoms with Crippen LogP contribution >= 0.6 is 0 Å². The number of rotatable bonds is 4. The SMILES string of the molecule is CCCNC1CC2(CCC(CC)C2)Oc2ccccc21. The molecule has 1 aliphatic carbocycles. The summed E-state index contributed by atoms with van der Waals surface area (Å²) in [5.41, 5.74) is 1.45. The molecule has 3 atom stereocenters. The van der Waals surface area contributed by atoms with Gasteiger partial charge in [-0.05, 0) is 44.2 Å². The quantitative estimate of drug-likeness (QED) is 0.874. The van der Waals surface area contributed by atoms with Crippen LogP contribution in [0.1, 0.15) is 64.0 Å². The molecule has 1 spiro atoms. The number of para-hydroxylation sites is 1. The first-order valence-electron chi connectivity index (χ1n) is 8.27. The molecule has 2 aliphatic rings. The highest BCUT2D eigenvalue weighted by molar-refractivity contribution is 5.39. The molecule has 0 bridgehead atoms. The number of benzene rings is 1. The number of hydrogen-bond donors (Lipinski definition) is 1. The molecule has 2 heteroatoms. The maximum absolute atomic E-state index is 6.48. The van der Waals surface area contributed by atoms with Crippen LogP contribution in [0.4, 0.5) is 0 Å². The Hall–Kier alpha value is -1.02. The zero-order valence-corrected chi connectivity index (χ0v) is 12.8. The molecular formula is C18H27NO. The molecule has 1 heterocycles. The molecule has 1 saturated carbocycles. The van der Waals surface area contributed by atoms with Crippen LogP contribution in [0.2, 0.25) is 0 Å². The Morgan fingerprint density at radius 1 is 1.25 bits per heavy atom. The molecule has 3 rings (SSSR count). The highest BCUT2D eigenvalue weighted by atomic mass is 16.5. The zero-order chi connectivity index (χ0) is 14.0. The Kier molecular flexibility index (Phi) is 4.02. The predicted molar refractivity (Wildman–Crippen MR) is 83.1 cm³/mol. The van der Waals surface area contributed by atoms with E-state index in [9.17, 15) is 0 Å². The van der Waals surface area contributed by atoms with Gasteiger partial charge in [0.05, 0.1) is 0 Å². The lowest BCUT2D eigenvalue weighted by molar-refractivity contribution is 0.0328. The summed E-state index contributed by atoms with van der Waals surface area (Å²) in [7, 11) is 0. The van der Waals surface area contributed by atoms with Gasteiger partial charge in [0.2, 0.25) is 0 Å². The van der Waals surface area contributed by atoms with E-state index in [1.807, 2.05) is 0 Å². The molecule has 1 aromatic carbocycles. The van der Waals surface area contributed by atoms with E-state index in [4.69, 9.17) is 4.74 Å². The molecule has 0 saturated heterocycles. The summed E-state index contributed by atoms with van der Waals surface area (Å²) in [6.45, 7) is 5.64. The third-order valence-electron chi connectivity index (χ3n) is 5.08. The first-order valence-corrected chi connectivity index (χ1v) is 8.27. The van der Waals surface area contributed by atoms with E-state index in [-0.39, 0.29) is 5.60 Å². The van der Waals surface area contributed by atoms with E-state index in [2.05, 4.69) is 43.4 Å². The number of fused-ring (bicyclic) bond motifs is 1. The Bertz CT molecular complexity index is 458. The molecule has 1 N–H and O–H groups in total. The fourth-order valence-corrected chi connectivity index (χ4v) is 3.94. The van der Waals surface area contributed by atoms with E-state index < -0.39 is 0 Å². The molecular weight excluding hydrogens is 246 g/mol. The normalized spacial score (nSPS) is 32.1. The molecule has 1 aromatic rings. The zero-order valence-electron chi connectivity index (χ0n) is 12.8. The molecule has 0 radical (unpaired) electrons. The van der Waals surface area contributed by atoms with Crippen LogP contribution in [-0.4, -0.2) is 12.1 Å². The second-order valence-corrected chi connectivity index (χ2v) is 6.55. The van der Waals surface area contributed by atoms with Crippen molar-refractivity contribution in [3.8, 4) is 5.75 Å². The van der Waals surface area contributed by atoms with Gasteiger partial charge in [-0.15, -0.1) is 0 Å². The lowest BCUT2D eigenvalue weighted by Gasteiger charge is -2.40. The fourth-order valence-electron chi connectivity index (χ4n) is 3.94. The first-order chi connectivity index (χ1) is 9.76.